The molecule has 1 aromatic heterocycles. The van der Waals surface area contributed by atoms with Gasteiger partial charge in [0.25, 0.3) is 5.91 Å². The van der Waals surface area contributed by atoms with E-state index < -0.39 is 24.4 Å². The van der Waals surface area contributed by atoms with E-state index in [1.165, 1.54) is 11.0 Å². The minimum atomic E-state index is -3.00. The molecule has 0 saturated carbocycles. The highest BCUT2D eigenvalue weighted by atomic mass is 32.1. The first-order chi connectivity index (χ1) is 9.88. The number of aliphatic carboxylic acids is 1. The molecule has 2 heterocycles. The lowest BCUT2D eigenvalue weighted by atomic mass is 9.98. The van der Waals surface area contributed by atoms with Gasteiger partial charge in [0.1, 0.15) is 10.6 Å². The van der Waals surface area contributed by atoms with Gasteiger partial charge in [-0.3, -0.25) is 9.59 Å². The summed E-state index contributed by atoms with van der Waals surface area (Å²) >= 11 is 1.07. The van der Waals surface area contributed by atoms with Crippen LogP contribution in [0.3, 0.4) is 0 Å². The van der Waals surface area contributed by atoms with Gasteiger partial charge >= 0.3 is 12.6 Å². The van der Waals surface area contributed by atoms with E-state index in [0.29, 0.717) is 24.3 Å². The number of carbonyl (C=O) groups excluding carboxylic acids is 1. The fourth-order valence-electron chi connectivity index (χ4n) is 2.33. The Morgan fingerprint density at radius 1 is 1.52 bits per heavy atom. The topological polar surface area (TPSA) is 66.8 Å². The average molecular weight is 319 g/mol. The number of carboxylic acids is 1. The summed E-state index contributed by atoms with van der Waals surface area (Å²) in [5.74, 6) is -2.15. The summed E-state index contributed by atoms with van der Waals surface area (Å²) in [5.41, 5.74) is 0. The molecule has 1 fully saturated rings. The first-order valence-electron chi connectivity index (χ1n) is 6.45. The lowest BCUT2D eigenvalue weighted by Crippen LogP contribution is -2.42. The molecule has 0 spiro atoms. The van der Waals surface area contributed by atoms with Crippen molar-refractivity contribution in [1.82, 2.24) is 4.90 Å². The van der Waals surface area contributed by atoms with Crippen molar-refractivity contribution in [1.29, 1.82) is 0 Å². The second-order valence-electron chi connectivity index (χ2n) is 4.86. The molecule has 0 aromatic carbocycles. The molecule has 1 amide bonds. The third kappa shape index (κ3) is 3.69. The number of thiophene rings is 1. The summed E-state index contributed by atoms with van der Waals surface area (Å²) in [5, 5.41) is 9.03. The number of aryl methyl sites for hydroxylation is 1. The van der Waals surface area contributed by atoms with E-state index in [1.807, 2.05) is 0 Å². The van der Waals surface area contributed by atoms with Crippen LogP contribution in [0.1, 0.15) is 27.4 Å². The SMILES string of the molecule is Cc1cc(OC(F)F)c(C(=O)N2CCCC(C(=O)O)C2)s1. The number of hydrogen-bond donors (Lipinski definition) is 1. The molecule has 8 heteroatoms. The molecule has 1 atom stereocenters. The van der Waals surface area contributed by atoms with Crippen LogP contribution in [0.5, 0.6) is 5.75 Å². The zero-order chi connectivity index (χ0) is 15.6. The number of piperidine rings is 1. The van der Waals surface area contributed by atoms with Crippen molar-refractivity contribution in [3.63, 3.8) is 0 Å². The molecule has 5 nitrogen and oxygen atoms in total. The number of carboxylic acid groups (broad SMARTS) is 1. The minimum Gasteiger partial charge on any atom is -0.481 e. The predicted octanol–water partition coefficient (Wildman–Crippen LogP) is 2.59. The molecule has 2 rings (SSSR count). The van der Waals surface area contributed by atoms with E-state index in [0.717, 1.165) is 11.3 Å². The molecule has 1 unspecified atom stereocenters. The van der Waals surface area contributed by atoms with Crippen LogP contribution in [0.25, 0.3) is 0 Å². The molecule has 1 aliphatic heterocycles. The Morgan fingerprint density at radius 3 is 2.86 bits per heavy atom. The monoisotopic (exact) mass is 319 g/mol. The lowest BCUT2D eigenvalue weighted by Gasteiger charge is -2.30. The summed E-state index contributed by atoms with van der Waals surface area (Å²) < 4.78 is 29.1. The highest BCUT2D eigenvalue weighted by Gasteiger charge is 2.31. The molecule has 1 aromatic rings. The summed E-state index contributed by atoms with van der Waals surface area (Å²) in [6.45, 7) is -0.790. The maximum absolute atomic E-state index is 12.4. The first-order valence-corrected chi connectivity index (χ1v) is 7.27. The van der Waals surface area contributed by atoms with Crippen LogP contribution in [0.4, 0.5) is 8.78 Å². The van der Waals surface area contributed by atoms with Gasteiger partial charge in [-0.25, -0.2) is 0 Å². The molecular formula is C13H15F2NO4S. The van der Waals surface area contributed by atoms with E-state index in [9.17, 15) is 18.4 Å². The van der Waals surface area contributed by atoms with Gasteiger partial charge < -0.3 is 14.7 Å². The summed E-state index contributed by atoms with van der Waals surface area (Å²) in [7, 11) is 0. The molecule has 1 N–H and O–H groups in total. The maximum Gasteiger partial charge on any atom is 0.387 e. The van der Waals surface area contributed by atoms with Crippen molar-refractivity contribution in [2.24, 2.45) is 5.92 Å². The molecule has 1 saturated heterocycles. The predicted molar refractivity (Wildman–Crippen MR) is 72.0 cm³/mol. The zero-order valence-electron chi connectivity index (χ0n) is 11.3. The van der Waals surface area contributed by atoms with Crippen LogP contribution < -0.4 is 4.74 Å². The van der Waals surface area contributed by atoms with E-state index >= 15 is 0 Å². The Kier molecular flexibility index (Phi) is 4.76. The number of carbonyl (C=O) groups is 2. The normalized spacial score (nSPS) is 18.9. The van der Waals surface area contributed by atoms with Crippen molar-refractivity contribution in [3.05, 3.63) is 15.8 Å². The number of rotatable bonds is 4. The van der Waals surface area contributed by atoms with Gasteiger partial charge in [0, 0.05) is 18.0 Å². The number of likely N-dealkylation sites (tertiary alicyclic amines) is 1. The average Bonchev–Trinajstić information content (AvgIpc) is 2.78. The Bertz CT molecular complexity index is 546. The number of nitrogens with zero attached hydrogens (tertiary/aromatic N) is 1. The van der Waals surface area contributed by atoms with E-state index in [1.54, 1.807) is 6.92 Å². The van der Waals surface area contributed by atoms with Crippen molar-refractivity contribution in [2.75, 3.05) is 13.1 Å². The maximum atomic E-state index is 12.4. The van der Waals surface area contributed by atoms with Crippen LogP contribution in [-0.4, -0.2) is 41.6 Å². The van der Waals surface area contributed by atoms with Crippen molar-refractivity contribution < 1.29 is 28.2 Å². The van der Waals surface area contributed by atoms with Crippen LogP contribution in [0.2, 0.25) is 0 Å². The molecule has 0 bridgehead atoms. The molecule has 0 aliphatic carbocycles. The number of amides is 1. The third-order valence-electron chi connectivity index (χ3n) is 3.29. The number of hydrogen-bond acceptors (Lipinski definition) is 4. The van der Waals surface area contributed by atoms with Gasteiger partial charge in [-0.15, -0.1) is 11.3 Å². The molecule has 21 heavy (non-hydrogen) atoms. The minimum absolute atomic E-state index is 0.0961. The third-order valence-corrected chi connectivity index (χ3v) is 4.31. The molecule has 1 aliphatic rings. The van der Waals surface area contributed by atoms with Crippen LogP contribution in [-0.2, 0) is 4.79 Å². The largest absolute Gasteiger partial charge is 0.481 e. The second-order valence-corrected chi connectivity index (χ2v) is 6.11. The Morgan fingerprint density at radius 2 is 2.24 bits per heavy atom. The van der Waals surface area contributed by atoms with Gasteiger partial charge in [0.15, 0.2) is 0 Å². The van der Waals surface area contributed by atoms with E-state index in [2.05, 4.69) is 4.74 Å². The zero-order valence-corrected chi connectivity index (χ0v) is 12.2. The standard InChI is InChI=1S/C13H15F2NO4S/c1-7-5-9(20-13(14)15)10(21-7)11(17)16-4-2-3-8(6-16)12(18)19/h5,8,13H,2-4,6H2,1H3,(H,18,19). The molecule has 0 radical (unpaired) electrons. The quantitative estimate of drug-likeness (QED) is 0.926. The van der Waals surface area contributed by atoms with Gasteiger partial charge in [-0.05, 0) is 25.8 Å². The van der Waals surface area contributed by atoms with Crippen LogP contribution in [0, 0.1) is 12.8 Å². The summed E-state index contributed by atoms with van der Waals surface area (Å²) in [4.78, 5) is 25.6. The van der Waals surface area contributed by atoms with E-state index in [-0.39, 0.29) is 17.2 Å². The number of alkyl halides is 2. The Hall–Kier alpha value is -1.70. The first kappa shape index (κ1) is 15.7. The lowest BCUT2D eigenvalue weighted by molar-refractivity contribution is -0.143. The summed E-state index contributed by atoms with van der Waals surface area (Å²) in [6.07, 6.45) is 1.10. The smallest absolute Gasteiger partial charge is 0.387 e. The van der Waals surface area contributed by atoms with Crippen molar-refractivity contribution in [3.8, 4) is 5.75 Å². The van der Waals surface area contributed by atoms with Crippen LogP contribution >= 0.6 is 11.3 Å². The molecular weight excluding hydrogens is 304 g/mol. The van der Waals surface area contributed by atoms with Crippen molar-refractivity contribution >= 4 is 23.2 Å². The van der Waals surface area contributed by atoms with Gasteiger partial charge in [-0.2, -0.15) is 8.78 Å². The summed E-state index contributed by atoms with van der Waals surface area (Å²) in [6, 6.07) is 1.39. The van der Waals surface area contributed by atoms with Crippen molar-refractivity contribution in [2.45, 2.75) is 26.4 Å². The van der Waals surface area contributed by atoms with Gasteiger partial charge in [0.05, 0.1) is 5.92 Å². The highest BCUT2D eigenvalue weighted by Crippen LogP contribution is 2.32. The Balaban J connectivity index is 2.17. The van der Waals surface area contributed by atoms with Gasteiger partial charge in [-0.1, -0.05) is 0 Å². The Labute approximate surface area is 124 Å². The fraction of sp³-hybridized carbons (Fsp3) is 0.538. The van der Waals surface area contributed by atoms with Crippen LogP contribution in [0.15, 0.2) is 6.07 Å². The number of ether oxygens (including phenoxy) is 1. The van der Waals surface area contributed by atoms with Gasteiger partial charge in [0.2, 0.25) is 0 Å². The fourth-order valence-corrected chi connectivity index (χ4v) is 3.24. The molecule has 116 valence electrons. The number of halogens is 2. The highest BCUT2D eigenvalue weighted by molar-refractivity contribution is 7.14. The second kappa shape index (κ2) is 6.38. The van der Waals surface area contributed by atoms with E-state index in [4.69, 9.17) is 5.11 Å².